The zero-order valence-electron chi connectivity index (χ0n) is 11.6. The standard InChI is InChI=1S/C14H24N2O2/c1-4-17-10-6-8-15-11-12(2)18-14-7-5-9-16-13(14)3/h5,7,9,12,15H,4,6,8,10-11H2,1-3H3. The van der Waals surface area contributed by atoms with E-state index in [1.165, 1.54) is 0 Å². The normalized spacial score (nSPS) is 12.4. The number of ether oxygens (including phenoxy) is 2. The minimum Gasteiger partial charge on any atom is -0.487 e. The van der Waals surface area contributed by atoms with Crippen LogP contribution in [-0.2, 0) is 4.74 Å². The third-order valence-electron chi connectivity index (χ3n) is 2.56. The lowest BCUT2D eigenvalue weighted by molar-refractivity contribution is 0.143. The van der Waals surface area contributed by atoms with Crippen molar-refractivity contribution < 1.29 is 9.47 Å². The van der Waals surface area contributed by atoms with Crippen LogP contribution in [0.4, 0.5) is 0 Å². The van der Waals surface area contributed by atoms with Crippen LogP contribution < -0.4 is 10.1 Å². The Balaban J connectivity index is 2.14. The van der Waals surface area contributed by atoms with Crippen molar-refractivity contribution in [2.45, 2.75) is 33.3 Å². The number of hydrogen-bond acceptors (Lipinski definition) is 4. The summed E-state index contributed by atoms with van der Waals surface area (Å²) in [4.78, 5) is 4.20. The summed E-state index contributed by atoms with van der Waals surface area (Å²) in [6.07, 6.45) is 2.95. The zero-order valence-corrected chi connectivity index (χ0v) is 11.6. The van der Waals surface area contributed by atoms with Crippen molar-refractivity contribution >= 4 is 0 Å². The van der Waals surface area contributed by atoms with Gasteiger partial charge in [0.25, 0.3) is 0 Å². The molecule has 1 atom stereocenters. The molecule has 0 aliphatic rings. The molecule has 0 spiro atoms. The van der Waals surface area contributed by atoms with Gasteiger partial charge in [0.1, 0.15) is 11.9 Å². The molecular weight excluding hydrogens is 228 g/mol. The summed E-state index contributed by atoms with van der Waals surface area (Å²) in [5.74, 6) is 0.862. The van der Waals surface area contributed by atoms with E-state index in [0.29, 0.717) is 0 Å². The number of aryl methyl sites for hydroxylation is 1. The van der Waals surface area contributed by atoms with Crippen LogP contribution >= 0.6 is 0 Å². The Kier molecular flexibility index (Phi) is 7.37. The molecule has 18 heavy (non-hydrogen) atoms. The molecule has 1 rings (SSSR count). The highest BCUT2D eigenvalue weighted by Gasteiger charge is 2.05. The van der Waals surface area contributed by atoms with Gasteiger partial charge in [0.05, 0.1) is 5.69 Å². The maximum atomic E-state index is 5.82. The Morgan fingerprint density at radius 1 is 1.44 bits per heavy atom. The monoisotopic (exact) mass is 252 g/mol. The van der Waals surface area contributed by atoms with Crippen LogP contribution in [-0.4, -0.2) is 37.4 Å². The first-order chi connectivity index (χ1) is 8.74. The average molecular weight is 252 g/mol. The minimum absolute atomic E-state index is 0.139. The number of nitrogens with zero attached hydrogens (tertiary/aromatic N) is 1. The molecule has 0 aromatic carbocycles. The van der Waals surface area contributed by atoms with E-state index in [2.05, 4.69) is 17.2 Å². The van der Waals surface area contributed by atoms with Gasteiger partial charge < -0.3 is 14.8 Å². The minimum atomic E-state index is 0.139. The fraction of sp³-hybridized carbons (Fsp3) is 0.643. The van der Waals surface area contributed by atoms with Crippen molar-refractivity contribution in [2.75, 3.05) is 26.3 Å². The van der Waals surface area contributed by atoms with Gasteiger partial charge in [0, 0.05) is 26.0 Å². The van der Waals surface area contributed by atoms with Crippen molar-refractivity contribution in [1.29, 1.82) is 0 Å². The van der Waals surface area contributed by atoms with Crippen molar-refractivity contribution in [3.8, 4) is 5.75 Å². The molecule has 0 amide bonds. The van der Waals surface area contributed by atoms with Gasteiger partial charge in [-0.15, -0.1) is 0 Å². The van der Waals surface area contributed by atoms with Crippen molar-refractivity contribution in [3.63, 3.8) is 0 Å². The molecule has 0 fully saturated rings. The van der Waals surface area contributed by atoms with Gasteiger partial charge in [-0.25, -0.2) is 0 Å². The van der Waals surface area contributed by atoms with Crippen LogP contribution in [0.15, 0.2) is 18.3 Å². The first-order valence-corrected chi connectivity index (χ1v) is 6.60. The third-order valence-corrected chi connectivity index (χ3v) is 2.56. The van der Waals surface area contributed by atoms with Gasteiger partial charge >= 0.3 is 0 Å². The molecule has 0 saturated carbocycles. The van der Waals surface area contributed by atoms with Gasteiger partial charge in [-0.2, -0.15) is 0 Å². The maximum absolute atomic E-state index is 5.82. The van der Waals surface area contributed by atoms with Gasteiger partial charge in [-0.05, 0) is 45.9 Å². The van der Waals surface area contributed by atoms with Crippen molar-refractivity contribution in [3.05, 3.63) is 24.0 Å². The summed E-state index contributed by atoms with van der Waals surface area (Å²) < 4.78 is 11.1. The van der Waals surface area contributed by atoms with Gasteiger partial charge in [-0.1, -0.05) is 0 Å². The van der Waals surface area contributed by atoms with Gasteiger partial charge in [-0.3, -0.25) is 4.98 Å². The molecule has 0 saturated heterocycles. The Bertz CT molecular complexity index is 331. The second kappa shape index (κ2) is 8.89. The van der Waals surface area contributed by atoms with E-state index in [1.54, 1.807) is 6.20 Å². The van der Waals surface area contributed by atoms with Crippen molar-refractivity contribution in [1.82, 2.24) is 10.3 Å². The Morgan fingerprint density at radius 2 is 2.28 bits per heavy atom. The highest BCUT2D eigenvalue weighted by Crippen LogP contribution is 2.14. The molecule has 0 radical (unpaired) electrons. The lowest BCUT2D eigenvalue weighted by Gasteiger charge is -2.16. The fourth-order valence-electron chi connectivity index (χ4n) is 1.60. The predicted octanol–water partition coefficient (Wildman–Crippen LogP) is 2.17. The number of aromatic nitrogens is 1. The predicted molar refractivity (Wildman–Crippen MR) is 73.0 cm³/mol. The summed E-state index contributed by atoms with van der Waals surface area (Å²) in [6.45, 7) is 9.43. The van der Waals surface area contributed by atoms with E-state index in [4.69, 9.17) is 9.47 Å². The molecule has 1 N–H and O–H groups in total. The average Bonchev–Trinajstić information content (AvgIpc) is 2.36. The topological polar surface area (TPSA) is 43.4 Å². The van der Waals surface area contributed by atoms with Crippen LogP contribution in [0.1, 0.15) is 26.0 Å². The summed E-state index contributed by atoms with van der Waals surface area (Å²) in [7, 11) is 0. The van der Waals surface area contributed by atoms with Crippen LogP contribution in [0.2, 0.25) is 0 Å². The van der Waals surface area contributed by atoms with Gasteiger partial charge in [0.2, 0.25) is 0 Å². The SMILES string of the molecule is CCOCCCNCC(C)Oc1cccnc1C. The highest BCUT2D eigenvalue weighted by molar-refractivity contribution is 5.25. The van der Waals surface area contributed by atoms with E-state index < -0.39 is 0 Å². The number of nitrogens with one attached hydrogen (secondary N) is 1. The molecule has 4 heteroatoms. The number of hydrogen-bond donors (Lipinski definition) is 1. The molecule has 102 valence electrons. The van der Waals surface area contributed by atoms with E-state index in [0.717, 1.165) is 44.2 Å². The first-order valence-electron chi connectivity index (χ1n) is 6.60. The number of pyridine rings is 1. The number of rotatable bonds is 9. The van der Waals surface area contributed by atoms with Crippen molar-refractivity contribution in [2.24, 2.45) is 0 Å². The molecular formula is C14H24N2O2. The second-order valence-electron chi connectivity index (χ2n) is 4.27. The largest absolute Gasteiger partial charge is 0.487 e. The molecule has 4 nitrogen and oxygen atoms in total. The molecule has 0 aliphatic carbocycles. The molecule has 1 heterocycles. The Morgan fingerprint density at radius 3 is 3.00 bits per heavy atom. The third kappa shape index (κ3) is 5.98. The Hall–Kier alpha value is -1.13. The van der Waals surface area contributed by atoms with Crippen LogP contribution in [0.3, 0.4) is 0 Å². The lowest BCUT2D eigenvalue weighted by Crippen LogP contribution is -2.30. The first kappa shape index (κ1) is 14.9. The van der Waals surface area contributed by atoms with E-state index in [1.807, 2.05) is 26.0 Å². The van der Waals surface area contributed by atoms with E-state index in [9.17, 15) is 0 Å². The van der Waals surface area contributed by atoms with E-state index >= 15 is 0 Å². The quantitative estimate of drug-likeness (QED) is 0.684. The Labute approximate surface area is 110 Å². The summed E-state index contributed by atoms with van der Waals surface area (Å²) >= 11 is 0. The summed E-state index contributed by atoms with van der Waals surface area (Å²) in [5, 5.41) is 3.36. The fourth-order valence-corrected chi connectivity index (χ4v) is 1.60. The lowest BCUT2D eigenvalue weighted by atomic mass is 10.3. The molecule has 0 aliphatic heterocycles. The molecule has 1 aromatic heterocycles. The zero-order chi connectivity index (χ0) is 13.2. The highest BCUT2D eigenvalue weighted by atomic mass is 16.5. The van der Waals surface area contributed by atoms with Gasteiger partial charge in [0.15, 0.2) is 0 Å². The molecule has 1 unspecified atom stereocenters. The maximum Gasteiger partial charge on any atom is 0.140 e. The van der Waals surface area contributed by atoms with E-state index in [-0.39, 0.29) is 6.10 Å². The van der Waals surface area contributed by atoms with Crippen LogP contribution in [0, 0.1) is 6.92 Å². The smallest absolute Gasteiger partial charge is 0.140 e. The molecule has 0 bridgehead atoms. The van der Waals surface area contributed by atoms with Crippen LogP contribution in [0.5, 0.6) is 5.75 Å². The summed E-state index contributed by atoms with van der Waals surface area (Å²) in [6, 6.07) is 3.85. The second-order valence-corrected chi connectivity index (χ2v) is 4.27. The molecule has 1 aromatic rings. The summed E-state index contributed by atoms with van der Waals surface area (Å²) in [5.41, 5.74) is 0.931. The van der Waals surface area contributed by atoms with Crippen LogP contribution in [0.25, 0.3) is 0 Å².